The first kappa shape index (κ1) is 10.9. The Morgan fingerprint density at radius 1 is 1.62 bits per heavy atom. The van der Waals surface area contributed by atoms with Crippen molar-refractivity contribution in [2.45, 2.75) is 26.7 Å². The maximum atomic E-state index is 11.6. The van der Waals surface area contributed by atoms with Crippen molar-refractivity contribution >= 4 is 5.97 Å². The number of aromatic nitrogens is 1. The number of carbonyl (C=O) groups is 1. The molecule has 0 saturated heterocycles. The van der Waals surface area contributed by atoms with Gasteiger partial charge in [0.2, 0.25) is 0 Å². The van der Waals surface area contributed by atoms with E-state index in [1.54, 1.807) is 13.1 Å². The molecule has 2 rings (SSSR count). The molecular formula is C12H15NO3. The number of carbonyl (C=O) groups excluding carboxylic acids is 1. The Morgan fingerprint density at radius 2 is 2.44 bits per heavy atom. The van der Waals surface area contributed by atoms with Crippen LogP contribution < -0.4 is 4.74 Å². The lowest BCUT2D eigenvalue weighted by molar-refractivity contribution is 0.0518. The molecule has 0 atom stereocenters. The average Bonchev–Trinajstić information content (AvgIpc) is 2.30. The topological polar surface area (TPSA) is 48.4 Å². The van der Waals surface area contributed by atoms with E-state index in [0.717, 1.165) is 36.3 Å². The van der Waals surface area contributed by atoms with Gasteiger partial charge in [0.1, 0.15) is 5.75 Å². The number of hydrogen-bond acceptors (Lipinski definition) is 4. The molecule has 1 aliphatic rings. The van der Waals surface area contributed by atoms with Gasteiger partial charge in [0.05, 0.1) is 19.4 Å². The lowest BCUT2D eigenvalue weighted by Crippen LogP contribution is -2.15. The maximum absolute atomic E-state index is 11.6. The summed E-state index contributed by atoms with van der Waals surface area (Å²) in [6.07, 6.45) is 3.55. The summed E-state index contributed by atoms with van der Waals surface area (Å²) in [7, 11) is 0. The molecule has 86 valence electrons. The molecule has 0 radical (unpaired) electrons. The molecule has 4 heteroatoms. The Morgan fingerprint density at radius 3 is 3.19 bits per heavy atom. The Hall–Kier alpha value is -1.58. The minimum absolute atomic E-state index is 0.353. The highest BCUT2D eigenvalue weighted by molar-refractivity contribution is 5.89. The first-order valence-corrected chi connectivity index (χ1v) is 5.52. The van der Waals surface area contributed by atoms with Crippen molar-refractivity contribution < 1.29 is 14.3 Å². The van der Waals surface area contributed by atoms with Crippen molar-refractivity contribution in [2.24, 2.45) is 0 Å². The third-order valence-electron chi connectivity index (χ3n) is 2.71. The number of ether oxygens (including phenoxy) is 2. The standard InChI is InChI=1S/C12H15NO3/c1-3-15-12(14)11-8(2)9-5-4-6-16-10(9)7-13-11/h7H,3-6H2,1-2H3. The fraction of sp³-hybridized carbons (Fsp3) is 0.500. The van der Waals surface area contributed by atoms with Gasteiger partial charge in [-0.1, -0.05) is 0 Å². The summed E-state index contributed by atoms with van der Waals surface area (Å²) in [5.74, 6) is 0.449. The van der Waals surface area contributed by atoms with Gasteiger partial charge in [0.25, 0.3) is 0 Å². The molecule has 2 heterocycles. The minimum atomic E-state index is -0.353. The second-order valence-electron chi connectivity index (χ2n) is 3.75. The van der Waals surface area contributed by atoms with Crippen LogP contribution in [0.1, 0.15) is 35.0 Å². The number of esters is 1. The second-order valence-corrected chi connectivity index (χ2v) is 3.75. The third-order valence-corrected chi connectivity index (χ3v) is 2.71. The van der Waals surface area contributed by atoms with Crippen LogP contribution in [0.2, 0.25) is 0 Å². The summed E-state index contributed by atoms with van der Waals surface area (Å²) in [4.78, 5) is 15.7. The Balaban J connectivity index is 2.37. The fourth-order valence-electron chi connectivity index (χ4n) is 1.90. The van der Waals surface area contributed by atoms with Crippen molar-refractivity contribution in [3.8, 4) is 5.75 Å². The van der Waals surface area contributed by atoms with Gasteiger partial charge in [-0.3, -0.25) is 0 Å². The molecule has 0 saturated carbocycles. The highest BCUT2D eigenvalue weighted by Gasteiger charge is 2.20. The number of rotatable bonds is 2. The largest absolute Gasteiger partial charge is 0.492 e. The molecule has 0 amide bonds. The van der Waals surface area contributed by atoms with Crippen LogP contribution in [-0.4, -0.2) is 24.2 Å². The highest BCUT2D eigenvalue weighted by atomic mass is 16.5. The maximum Gasteiger partial charge on any atom is 0.357 e. The van der Waals surface area contributed by atoms with Crippen molar-refractivity contribution in [1.82, 2.24) is 4.98 Å². The molecule has 0 bridgehead atoms. The van der Waals surface area contributed by atoms with Crippen LogP contribution in [0.25, 0.3) is 0 Å². The lowest BCUT2D eigenvalue weighted by Gasteiger charge is -2.19. The molecule has 1 aromatic heterocycles. The molecular weight excluding hydrogens is 206 g/mol. The molecule has 0 aliphatic carbocycles. The van der Waals surface area contributed by atoms with E-state index in [-0.39, 0.29) is 5.97 Å². The summed E-state index contributed by atoms with van der Waals surface area (Å²) >= 11 is 0. The predicted molar refractivity (Wildman–Crippen MR) is 58.7 cm³/mol. The van der Waals surface area contributed by atoms with Gasteiger partial charge >= 0.3 is 5.97 Å². The van der Waals surface area contributed by atoms with Gasteiger partial charge in [0, 0.05) is 5.56 Å². The monoisotopic (exact) mass is 221 g/mol. The van der Waals surface area contributed by atoms with Crippen molar-refractivity contribution in [3.63, 3.8) is 0 Å². The summed E-state index contributed by atoms with van der Waals surface area (Å²) in [6.45, 7) is 4.78. The quantitative estimate of drug-likeness (QED) is 0.715. The van der Waals surface area contributed by atoms with Crippen LogP contribution in [0.15, 0.2) is 6.20 Å². The smallest absolute Gasteiger partial charge is 0.357 e. The van der Waals surface area contributed by atoms with E-state index in [1.165, 1.54) is 0 Å². The van der Waals surface area contributed by atoms with Crippen molar-refractivity contribution in [3.05, 3.63) is 23.0 Å². The zero-order valence-corrected chi connectivity index (χ0v) is 9.58. The zero-order chi connectivity index (χ0) is 11.5. The SMILES string of the molecule is CCOC(=O)c1ncc2c(c1C)CCCO2. The zero-order valence-electron chi connectivity index (χ0n) is 9.58. The number of nitrogens with zero attached hydrogens (tertiary/aromatic N) is 1. The number of fused-ring (bicyclic) bond motifs is 1. The van der Waals surface area contributed by atoms with Crippen LogP contribution >= 0.6 is 0 Å². The predicted octanol–water partition coefficient (Wildman–Crippen LogP) is 1.89. The summed E-state index contributed by atoms with van der Waals surface area (Å²) in [6, 6.07) is 0. The Bertz CT molecular complexity index is 415. The molecule has 0 spiro atoms. The van der Waals surface area contributed by atoms with Crippen molar-refractivity contribution in [1.29, 1.82) is 0 Å². The molecule has 0 fully saturated rings. The van der Waals surface area contributed by atoms with Gasteiger partial charge in [0.15, 0.2) is 5.69 Å². The number of pyridine rings is 1. The van der Waals surface area contributed by atoms with Crippen LogP contribution in [0.3, 0.4) is 0 Å². The van der Waals surface area contributed by atoms with Gasteiger partial charge < -0.3 is 9.47 Å². The molecule has 1 aromatic rings. The van der Waals surface area contributed by atoms with E-state index in [1.807, 2.05) is 6.92 Å². The van der Waals surface area contributed by atoms with E-state index in [2.05, 4.69) is 4.98 Å². The van der Waals surface area contributed by atoms with Gasteiger partial charge in [-0.05, 0) is 32.3 Å². The van der Waals surface area contributed by atoms with Gasteiger partial charge in [-0.15, -0.1) is 0 Å². The fourth-order valence-corrected chi connectivity index (χ4v) is 1.90. The lowest BCUT2D eigenvalue weighted by atomic mass is 10.0. The normalized spacial score (nSPS) is 13.9. The summed E-state index contributed by atoms with van der Waals surface area (Å²) in [5, 5.41) is 0. The molecule has 0 N–H and O–H groups in total. The van der Waals surface area contributed by atoms with E-state index in [9.17, 15) is 4.79 Å². The third kappa shape index (κ3) is 1.87. The summed E-state index contributed by atoms with van der Waals surface area (Å²) < 4.78 is 10.4. The van der Waals surface area contributed by atoms with E-state index in [0.29, 0.717) is 12.3 Å². The van der Waals surface area contributed by atoms with E-state index in [4.69, 9.17) is 9.47 Å². The van der Waals surface area contributed by atoms with E-state index < -0.39 is 0 Å². The molecule has 4 nitrogen and oxygen atoms in total. The van der Waals surface area contributed by atoms with Crippen molar-refractivity contribution in [2.75, 3.05) is 13.2 Å². The van der Waals surface area contributed by atoms with E-state index >= 15 is 0 Å². The van der Waals surface area contributed by atoms with Crippen LogP contribution in [0.4, 0.5) is 0 Å². The average molecular weight is 221 g/mol. The molecule has 1 aliphatic heterocycles. The van der Waals surface area contributed by atoms with Crippen LogP contribution in [0.5, 0.6) is 5.75 Å². The molecule has 16 heavy (non-hydrogen) atoms. The Labute approximate surface area is 94.6 Å². The first-order valence-electron chi connectivity index (χ1n) is 5.52. The molecule has 0 aromatic carbocycles. The van der Waals surface area contributed by atoms with Gasteiger partial charge in [-0.2, -0.15) is 0 Å². The van der Waals surface area contributed by atoms with Gasteiger partial charge in [-0.25, -0.2) is 9.78 Å². The molecule has 0 unspecified atom stereocenters. The number of hydrogen-bond donors (Lipinski definition) is 0. The minimum Gasteiger partial charge on any atom is -0.492 e. The highest BCUT2D eigenvalue weighted by Crippen LogP contribution is 2.28. The summed E-state index contributed by atoms with van der Waals surface area (Å²) in [5.41, 5.74) is 2.38. The van der Waals surface area contributed by atoms with Crippen LogP contribution in [-0.2, 0) is 11.2 Å². The van der Waals surface area contributed by atoms with Crippen LogP contribution in [0, 0.1) is 6.92 Å². The Kier molecular flexibility index (Phi) is 3.08. The first-order chi connectivity index (χ1) is 7.74. The second kappa shape index (κ2) is 4.51.